The molecule has 0 spiro atoms. The highest BCUT2D eigenvalue weighted by molar-refractivity contribution is 8.04. The molecule has 2 N–H and O–H groups in total. The summed E-state index contributed by atoms with van der Waals surface area (Å²) in [5, 5.41) is 17.5. The van der Waals surface area contributed by atoms with Crippen molar-refractivity contribution in [3.8, 4) is 28.6 Å². The van der Waals surface area contributed by atoms with E-state index in [0.717, 1.165) is 17.3 Å². The van der Waals surface area contributed by atoms with Crippen LogP contribution in [0, 0.1) is 5.82 Å². The van der Waals surface area contributed by atoms with E-state index in [9.17, 15) is 14.3 Å². The number of rotatable bonds is 11. The monoisotopic (exact) mass is 555 g/mol. The lowest BCUT2D eigenvalue weighted by Crippen LogP contribution is -2.01. The van der Waals surface area contributed by atoms with Gasteiger partial charge in [0.1, 0.15) is 23.1 Å². The first-order chi connectivity index (χ1) is 18.4. The molecule has 4 aromatic rings. The average molecular weight is 556 g/mol. The Kier molecular flexibility index (Phi) is 8.88. The number of halogens is 2. The summed E-state index contributed by atoms with van der Waals surface area (Å²) in [5.74, 6) is 0.395. The fraction of sp³-hybridized carbons (Fsp3) is 0.148. The summed E-state index contributed by atoms with van der Waals surface area (Å²) in [6.07, 6.45) is 1.50. The highest BCUT2D eigenvalue weighted by atomic mass is 35.5. The smallest absolute Gasteiger partial charge is 0.342 e. The van der Waals surface area contributed by atoms with E-state index in [0.29, 0.717) is 45.8 Å². The lowest BCUT2D eigenvalue weighted by Gasteiger charge is -2.13. The van der Waals surface area contributed by atoms with Gasteiger partial charge in [-0.3, -0.25) is 5.10 Å². The molecule has 1 heterocycles. The number of benzene rings is 3. The van der Waals surface area contributed by atoms with Crippen molar-refractivity contribution in [2.45, 2.75) is 18.7 Å². The molecule has 11 heteroatoms. The van der Waals surface area contributed by atoms with Gasteiger partial charge in [0.2, 0.25) is 5.16 Å². The molecule has 38 heavy (non-hydrogen) atoms. The van der Waals surface area contributed by atoms with Crippen LogP contribution in [0.1, 0.15) is 18.1 Å². The van der Waals surface area contributed by atoms with E-state index in [4.69, 9.17) is 25.8 Å². The van der Waals surface area contributed by atoms with Gasteiger partial charge in [-0.05, 0) is 78.4 Å². The van der Waals surface area contributed by atoms with E-state index in [1.807, 2.05) is 6.92 Å². The Labute approximate surface area is 227 Å². The van der Waals surface area contributed by atoms with Crippen molar-refractivity contribution < 1.29 is 28.5 Å². The molecule has 0 aliphatic heterocycles. The largest absolute Gasteiger partial charge is 0.496 e. The third kappa shape index (κ3) is 6.84. The van der Waals surface area contributed by atoms with Gasteiger partial charge in [-0.1, -0.05) is 29.8 Å². The molecule has 0 amide bonds. The summed E-state index contributed by atoms with van der Waals surface area (Å²) in [5.41, 5.74) is 1.97. The predicted molar refractivity (Wildman–Crippen MR) is 143 cm³/mol. The number of hydrogen-bond donors (Lipinski definition) is 2. The zero-order chi connectivity index (χ0) is 27.1. The van der Waals surface area contributed by atoms with E-state index in [-0.39, 0.29) is 22.5 Å². The number of aromatic amines is 1. The molecular formula is C27H23ClFN3O5S. The van der Waals surface area contributed by atoms with Crippen LogP contribution < -0.4 is 14.2 Å². The standard InChI is InChI=1S/C27H23ClFN3O5S/c1-3-36-23-12-17(6-10-22(23)37-15-16-4-8-19(29)9-5-16)13-24(26(33)34)38-27-30-25(31-32-27)20-14-18(28)7-11-21(20)35-2/h4-14H,3,15H2,1-2H3,(H,33,34)(H,30,31,32)/b24-13-. The van der Waals surface area contributed by atoms with Gasteiger partial charge in [-0.15, -0.1) is 5.10 Å². The number of thioether (sulfide) groups is 1. The van der Waals surface area contributed by atoms with Gasteiger partial charge >= 0.3 is 5.97 Å². The number of aliphatic carboxylic acids is 1. The Hall–Kier alpha value is -4.02. The molecule has 196 valence electrons. The van der Waals surface area contributed by atoms with Gasteiger partial charge in [-0.25, -0.2) is 14.2 Å². The number of carboxylic acids is 1. The molecule has 0 bridgehead atoms. The molecule has 0 aliphatic rings. The van der Waals surface area contributed by atoms with Crippen LogP contribution >= 0.6 is 23.4 Å². The Balaban J connectivity index is 1.55. The second-order valence-corrected chi connectivity index (χ2v) is 9.23. The van der Waals surface area contributed by atoms with Gasteiger partial charge in [0.05, 0.1) is 19.3 Å². The van der Waals surface area contributed by atoms with Crippen LogP contribution in [0.25, 0.3) is 17.5 Å². The fourth-order valence-corrected chi connectivity index (χ4v) is 4.29. The number of methoxy groups -OCH3 is 1. The van der Waals surface area contributed by atoms with Crippen LogP contribution in [0.5, 0.6) is 17.2 Å². The van der Waals surface area contributed by atoms with Crippen LogP contribution in [-0.4, -0.2) is 40.0 Å². The summed E-state index contributed by atoms with van der Waals surface area (Å²) >= 11 is 7.00. The second kappa shape index (κ2) is 12.5. The second-order valence-electron chi connectivity index (χ2n) is 7.78. The number of nitrogens with one attached hydrogen (secondary N) is 1. The lowest BCUT2D eigenvalue weighted by molar-refractivity contribution is -0.131. The van der Waals surface area contributed by atoms with Crippen molar-refractivity contribution >= 4 is 35.4 Å². The summed E-state index contributed by atoms with van der Waals surface area (Å²) < 4.78 is 30.1. The van der Waals surface area contributed by atoms with Crippen LogP contribution in [0.2, 0.25) is 5.02 Å². The van der Waals surface area contributed by atoms with E-state index >= 15 is 0 Å². The fourth-order valence-electron chi connectivity index (χ4n) is 3.41. The number of carboxylic acid groups (broad SMARTS) is 1. The molecule has 0 saturated carbocycles. The molecule has 0 unspecified atom stereocenters. The Bertz CT molecular complexity index is 1460. The van der Waals surface area contributed by atoms with Crippen molar-refractivity contribution in [1.29, 1.82) is 0 Å². The molecule has 0 radical (unpaired) electrons. The number of carbonyl (C=O) groups is 1. The minimum absolute atomic E-state index is 0.00367. The van der Waals surface area contributed by atoms with Crippen LogP contribution in [-0.2, 0) is 11.4 Å². The normalized spacial score (nSPS) is 11.3. The van der Waals surface area contributed by atoms with Crippen molar-refractivity contribution in [2.24, 2.45) is 0 Å². The molecule has 0 fully saturated rings. The Morgan fingerprint density at radius 1 is 1.08 bits per heavy atom. The summed E-state index contributed by atoms with van der Waals surface area (Å²) in [6.45, 7) is 2.43. The summed E-state index contributed by atoms with van der Waals surface area (Å²) in [7, 11) is 1.53. The van der Waals surface area contributed by atoms with E-state index in [1.54, 1.807) is 48.5 Å². The zero-order valence-electron chi connectivity index (χ0n) is 20.4. The number of ether oxygens (including phenoxy) is 3. The SMILES string of the molecule is CCOc1cc(/C=C(\Sc2n[nH]c(-c3cc(Cl)ccc3OC)n2)C(=O)O)ccc1OCc1ccc(F)cc1. The number of aromatic nitrogens is 3. The van der Waals surface area contributed by atoms with Crippen LogP contribution in [0.3, 0.4) is 0 Å². The topological polar surface area (TPSA) is 107 Å². The number of H-pyrrole nitrogens is 1. The van der Waals surface area contributed by atoms with Gasteiger partial charge in [0, 0.05) is 5.02 Å². The minimum Gasteiger partial charge on any atom is -0.496 e. The predicted octanol–water partition coefficient (Wildman–Crippen LogP) is 6.47. The van der Waals surface area contributed by atoms with Gasteiger partial charge < -0.3 is 19.3 Å². The van der Waals surface area contributed by atoms with Crippen molar-refractivity contribution in [3.63, 3.8) is 0 Å². The molecule has 0 saturated heterocycles. The average Bonchev–Trinajstić information content (AvgIpc) is 3.37. The van der Waals surface area contributed by atoms with E-state index < -0.39 is 5.97 Å². The Morgan fingerprint density at radius 3 is 2.55 bits per heavy atom. The van der Waals surface area contributed by atoms with Gasteiger partial charge in [0.25, 0.3) is 0 Å². The lowest BCUT2D eigenvalue weighted by atomic mass is 10.2. The van der Waals surface area contributed by atoms with Crippen molar-refractivity contribution in [1.82, 2.24) is 15.2 Å². The van der Waals surface area contributed by atoms with Crippen molar-refractivity contribution in [3.05, 3.63) is 87.5 Å². The molecule has 3 aromatic carbocycles. The minimum atomic E-state index is -1.14. The summed E-state index contributed by atoms with van der Waals surface area (Å²) in [4.78, 5) is 16.4. The third-order valence-corrected chi connectivity index (χ3v) is 6.28. The van der Waals surface area contributed by atoms with E-state index in [1.165, 1.54) is 25.3 Å². The third-order valence-electron chi connectivity index (χ3n) is 5.17. The number of nitrogens with zero attached hydrogens (tertiary/aromatic N) is 2. The first kappa shape index (κ1) is 27.0. The maximum atomic E-state index is 13.2. The first-order valence-corrected chi connectivity index (χ1v) is 12.6. The van der Waals surface area contributed by atoms with E-state index in [2.05, 4.69) is 15.2 Å². The van der Waals surface area contributed by atoms with Crippen LogP contribution in [0.4, 0.5) is 4.39 Å². The molecule has 1 aromatic heterocycles. The number of hydrogen-bond acceptors (Lipinski definition) is 7. The van der Waals surface area contributed by atoms with Crippen molar-refractivity contribution in [2.75, 3.05) is 13.7 Å². The maximum Gasteiger partial charge on any atom is 0.342 e. The first-order valence-electron chi connectivity index (χ1n) is 11.4. The zero-order valence-corrected chi connectivity index (χ0v) is 22.0. The van der Waals surface area contributed by atoms with Gasteiger partial charge in [0.15, 0.2) is 17.3 Å². The van der Waals surface area contributed by atoms with Crippen LogP contribution in [0.15, 0.2) is 70.7 Å². The maximum absolute atomic E-state index is 13.2. The Morgan fingerprint density at radius 2 is 1.84 bits per heavy atom. The highest BCUT2D eigenvalue weighted by Gasteiger charge is 2.17. The summed E-state index contributed by atoms with van der Waals surface area (Å²) in [6, 6.07) is 16.2. The molecule has 0 aliphatic carbocycles. The highest BCUT2D eigenvalue weighted by Crippen LogP contribution is 2.34. The van der Waals surface area contributed by atoms with Gasteiger partial charge in [-0.2, -0.15) is 0 Å². The molecule has 0 atom stereocenters. The molecule has 8 nitrogen and oxygen atoms in total. The molecule has 4 rings (SSSR count). The quantitative estimate of drug-likeness (QED) is 0.160. The molecular weight excluding hydrogens is 533 g/mol.